The number of anilines is 1. The van der Waals surface area contributed by atoms with Gasteiger partial charge in [0.1, 0.15) is 5.82 Å². The first kappa shape index (κ1) is 15.5. The lowest BCUT2D eigenvalue weighted by Crippen LogP contribution is -2.07. The highest BCUT2D eigenvalue weighted by Gasteiger charge is 2.25. The van der Waals surface area contributed by atoms with Crippen molar-refractivity contribution in [2.24, 2.45) is 0 Å². The van der Waals surface area contributed by atoms with Gasteiger partial charge in [0.15, 0.2) is 0 Å². The van der Waals surface area contributed by atoms with E-state index in [-0.39, 0.29) is 5.82 Å². The van der Waals surface area contributed by atoms with Crippen molar-refractivity contribution in [2.75, 3.05) is 11.9 Å². The molecule has 0 spiro atoms. The summed E-state index contributed by atoms with van der Waals surface area (Å²) >= 11 is 0. The van der Waals surface area contributed by atoms with E-state index in [0.717, 1.165) is 16.8 Å². The van der Waals surface area contributed by atoms with Crippen LogP contribution in [0.3, 0.4) is 0 Å². The van der Waals surface area contributed by atoms with E-state index in [2.05, 4.69) is 37.8 Å². The number of hydrogen-bond donors (Lipinski definition) is 0. The number of hydrogen-bond acceptors (Lipinski definition) is 1. The molecule has 23 heavy (non-hydrogen) atoms. The molecule has 1 aliphatic rings. The summed E-state index contributed by atoms with van der Waals surface area (Å²) in [6.45, 7) is 5.83. The quantitative estimate of drug-likeness (QED) is 0.678. The molecule has 3 rings (SSSR count). The third kappa shape index (κ3) is 3.53. The van der Waals surface area contributed by atoms with E-state index in [1.54, 1.807) is 12.1 Å². The molecule has 0 saturated heterocycles. The highest BCUT2D eigenvalue weighted by atomic mass is 19.1. The second-order valence-electron chi connectivity index (χ2n) is 6.25. The van der Waals surface area contributed by atoms with Crippen molar-refractivity contribution in [3.05, 3.63) is 77.2 Å². The average Bonchev–Trinajstić information content (AvgIpc) is 3.37. The van der Waals surface area contributed by atoms with Gasteiger partial charge in [-0.05, 0) is 66.6 Å². The molecular weight excluding hydrogens is 285 g/mol. The Bertz CT molecular complexity index is 756. The molecule has 1 saturated carbocycles. The maximum atomic E-state index is 14.3. The Hall–Kier alpha value is -2.35. The van der Waals surface area contributed by atoms with Gasteiger partial charge in [-0.25, -0.2) is 4.39 Å². The zero-order chi connectivity index (χ0) is 16.4. The van der Waals surface area contributed by atoms with Crippen molar-refractivity contribution in [1.29, 1.82) is 0 Å². The summed E-state index contributed by atoms with van der Waals surface area (Å²) in [5.41, 5.74) is 4.90. The van der Waals surface area contributed by atoms with Gasteiger partial charge < -0.3 is 4.90 Å². The second kappa shape index (κ2) is 6.41. The standard InChI is InChI=1S/C21H22FN/c1-4-20-17(13-18(14-21(20)22)16-8-9-16)10-11-23(3)19-7-5-6-15(2)12-19/h4-7,10-14,16H,1,8-9H2,2-3H3/b11-10-. The van der Waals surface area contributed by atoms with Gasteiger partial charge in [-0.2, -0.15) is 0 Å². The SMILES string of the molecule is C=Cc1c(F)cc(C2CC2)cc1/C=C\N(C)c1cccc(C)c1. The number of rotatable bonds is 5. The molecule has 0 aromatic heterocycles. The molecule has 0 heterocycles. The number of halogens is 1. The van der Waals surface area contributed by atoms with Gasteiger partial charge in [-0.15, -0.1) is 0 Å². The predicted molar refractivity (Wildman–Crippen MR) is 97.1 cm³/mol. The van der Waals surface area contributed by atoms with Crippen LogP contribution in [-0.4, -0.2) is 7.05 Å². The molecule has 2 aromatic carbocycles. The van der Waals surface area contributed by atoms with Crippen LogP contribution in [0.1, 0.15) is 41.0 Å². The monoisotopic (exact) mass is 307 g/mol. The fourth-order valence-electron chi connectivity index (χ4n) is 2.79. The molecule has 0 atom stereocenters. The Labute approximate surface area is 137 Å². The fraction of sp³-hybridized carbons (Fsp3) is 0.238. The molecule has 0 aliphatic heterocycles. The van der Waals surface area contributed by atoms with E-state index in [1.807, 2.05) is 30.3 Å². The van der Waals surface area contributed by atoms with Crippen LogP contribution in [0.25, 0.3) is 12.2 Å². The Balaban J connectivity index is 1.90. The summed E-state index contributed by atoms with van der Waals surface area (Å²) < 4.78 is 14.3. The van der Waals surface area contributed by atoms with E-state index in [1.165, 1.54) is 18.4 Å². The molecule has 0 bridgehead atoms. The van der Waals surface area contributed by atoms with Crippen molar-refractivity contribution in [2.45, 2.75) is 25.7 Å². The molecule has 2 heteroatoms. The molecule has 1 nitrogen and oxygen atoms in total. The van der Waals surface area contributed by atoms with Crippen LogP contribution in [-0.2, 0) is 0 Å². The second-order valence-corrected chi connectivity index (χ2v) is 6.25. The van der Waals surface area contributed by atoms with Gasteiger partial charge in [0, 0.05) is 24.5 Å². The number of aryl methyl sites for hydroxylation is 1. The molecule has 0 radical (unpaired) electrons. The lowest BCUT2D eigenvalue weighted by Gasteiger charge is -2.15. The van der Waals surface area contributed by atoms with Crippen LogP contribution in [0.4, 0.5) is 10.1 Å². The zero-order valence-corrected chi connectivity index (χ0v) is 13.7. The Morgan fingerprint density at radius 1 is 1.22 bits per heavy atom. The topological polar surface area (TPSA) is 3.24 Å². The van der Waals surface area contributed by atoms with E-state index in [4.69, 9.17) is 0 Å². The van der Waals surface area contributed by atoms with Gasteiger partial charge in [0.2, 0.25) is 0 Å². The zero-order valence-electron chi connectivity index (χ0n) is 13.7. The Morgan fingerprint density at radius 2 is 2.00 bits per heavy atom. The van der Waals surface area contributed by atoms with Gasteiger partial charge in [0.25, 0.3) is 0 Å². The minimum absolute atomic E-state index is 0.178. The first-order valence-corrected chi connectivity index (χ1v) is 8.02. The van der Waals surface area contributed by atoms with Crippen molar-refractivity contribution in [3.63, 3.8) is 0 Å². The molecule has 0 amide bonds. The Morgan fingerprint density at radius 3 is 2.65 bits per heavy atom. The molecule has 1 aliphatic carbocycles. The lowest BCUT2D eigenvalue weighted by molar-refractivity contribution is 0.622. The highest BCUT2D eigenvalue weighted by molar-refractivity contribution is 5.68. The number of benzene rings is 2. The third-order valence-electron chi connectivity index (χ3n) is 4.32. The predicted octanol–water partition coefficient (Wildman–Crippen LogP) is 5.76. The average molecular weight is 307 g/mol. The van der Waals surface area contributed by atoms with Gasteiger partial charge in [-0.1, -0.05) is 30.9 Å². The summed E-state index contributed by atoms with van der Waals surface area (Å²) in [7, 11) is 2.00. The first-order valence-electron chi connectivity index (χ1n) is 8.02. The van der Waals surface area contributed by atoms with E-state index >= 15 is 0 Å². The fourth-order valence-corrected chi connectivity index (χ4v) is 2.79. The van der Waals surface area contributed by atoms with Crippen molar-refractivity contribution in [3.8, 4) is 0 Å². The summed E-state index contributed by atoms with van der Waals surface area (Å²) in [6.07, 6.45) is 7.87. The molecule has 0 unspecified atom stereocenters. The molecule has 0 N–H and O–H groups in total. The number of nitrogens with zero attached hydrogens (tertiary/aromatic N) is 1. The van der Waals surface area contributed by atoms with E-state index in [9.17, 15) is 4.39 Å². The van der Waals surface area contributed by atoms with Gasteiger partial charge in [0.05, 0.1) is 0 Å². The van der Waals surface area contributed by atoms with E-state index < -0.39 is 0 Å². The van der Waals surface area contributed by atoms with Crippen LogP contribution in [0.5, 0.6) is 0 Å². The molecule has 1 fully saturated rings. The van der Waals surface area contributed by atoms with Crippen LogP contribution in [0, 0.1) is 12.7 Å². The third-order valence-corrected chi connectivity index (χ3v) is 4.32. The minimum atomic E-state index is -0.178. The minimum Gasteiger partial charge on any atom is -0.351 e. The summed E-state index contributed by atoms with van der Waals surface area (Å²) in [5.74, 6) is 0.354. The van der Waals surface area contributed by atoms with Crippen LogP contribution in [0.2, 0.25) is 0 Å². The Kier molecular flexibility index (Phi) is 4.33. The molecule has 2 aromatic rings. The van der Waals surface area contributed by atoms with E-state index in [0.29, 0.717) is 11.5 Å². The normalized spacial score (nSPS) is 14.2. The smallest absolute Gasteiger partial charge is 0.131 e. The maximum Gasteiger partial charge on any atom is 0.131 e. The van der Waals surface area contributed by atoms with Crippen molar-refractivity contribution < 1.29 is 4.39 Å². The summed E-state index contributed by atoms with van der Waals surface area (Å²) in [6, 6.07) is 12.1. The highest BCUT2D eigenvalue weighted by Crippen LogP contribution is 2.41. The lowest BCUT2D eigenvalue weighted by atomic mass is 10.0. The molecule has 118 valence electrons. The van der Waals surface area contributed by atoms with Gasteiger partial charge in [-0.3, -0.25) is 0 Å². The first-order chi connectivity index (χ1) is 11.1. The van der Waals surface area contributed by atoms with Gasteiger partial charge >= 0.3 is 0 Å². The largest absolute Gasteiger partial charge is 0.351 e. The van der Waals surface area contributed by atoms with Crippen molar-refractivity contribution >= 4 is 17.8 Å². The summed E-state index contributed by atoms with van der Waals surface area (Å²) in [5, 5.41) is 0. The molecular formula is C21H22FN. The van der Waals surface area contributed by atoms with Crippen LogP contribution >= 0.6 is 0 Å². The van der Waals surface area contributed by atoms with Crippen molar-refractivity contribution in [1.82, 2.24) is 0 Å². The maximum absolute atomic E-state index is 14.3. The summed E-state index contributed by atoms with van der Waals surface area (Å²) in [4.78, 5) is 2.04. The van der Waals surface area contributed by atoms with Crippen LogP contribution in [0.15, 0.2) is 49.2 Å². The van der Waals surface area contributed by atoms with Crippen LogP contribution < -0.4 is 4.90 Å².